The van der Waals surface area contributed by atoms with E-state index in [1.165, 1.54) is 12.3 Å². The summed E-state index contributed by atoms with van der Waals surface area (Å²) in [7, 11) is -3.69. The molecule has 2 rings (SSSR count). The summed E-state index contributed by atoms with van der Waals surface area (Å²) in [5, 5.41) is 8.70. The lowest BCUT2D eigenvalue weighted by Gasteiger charge is -2.07. The van der Waals surface area contributed by atoms with Crippen molar-refractivity contribution >= 4 is 10.0 Å². The third kappa shape index (κ3) is 3.48. The van der Waals surface area contributed by atoms with E-state index in [4.69, 9.17) is 9.52 Å². The molecule has 0 spiro atoms. The van der Waals surface area contributed by atoms with Crippen LogP contribution in [-0.2, 0) is 16.6 Å². The molecule has 0 atom stereocenters. The smallest absolute Gasteiger partial charge is 0.242 e. The number of aliphatic hydroxyl groups is 1. The van der Waals surface area contributed by atoms with Crippen LogP contribution in [0.3, 0.4) is 0 Å². The van der Waals surface area contributed by atoms with Crippen molar-refractivity contribution in [2.75, 3.05) is 6.61 Å². The summed E-state index contributed by atoms with van der Waals surface area (Å²) >= 11 is 0. The van der Waals surface area contributed by atoms with Gasteiger partial charge in [0.2, 0.25) is 10.0 Å². The van der Waals surface area contributed by atoms with Crippen LogP contribution in [0.4, 0.5) is 0 Å². The summed E-state index contributed by atoms with van der Waals surface area (Å²) in [5.74, 6) is 5.58. The van der Waals surface area contributed by atoms with Gasteiger partial charge in [-0.05, 0) is 24.3 Å². The maximum Gasteiger partial charge on any atom is 0.242 e. The van der Waals surface area contributed by atoms with Gasteiger partial charge in [-0.25, -0.2) is 13.1 Å². The standard InChI is InChI=1S/C14H13NO4S/c16-9-3-6-12-5-1-2-8-14(12)20(17,18)15-11-13-7-4-10-19-13/h1-2,4-5,7-8,10,15-16H,9,11H2. The van der Waals surface area contributed by atoms with Gasteiger partial charge in [-0.2, -0.15) is 0 Å². The molecule has 2 N–H and O–H groups in total. The topological polar surface area (TPSA) is 79.5 Å². The van der Waals surface area contributed by atoms with Gasteiger partial charge in [0.05, 0.1) is 17.7 Å². The second-order valence-electron chi connectivity index (χ2n) is 3.86. The molecule has 20 heavy (non-hydrogen) atoms. The molecule has 6 heteroatoms. The van der Waals surface area contributed by atoms with Crippen LogP contribution in [0.15, 0.2) is 52.0 Å². The van der Waals surface area contributed by atoms with Gasteiger partial charge in [-0.1, -0.05) is 24.0 Å². The maximum absolute atomic E-state index is 12.2. The number of rotatable bonds is 4. The highest BCUT2D eigenvalue weighted by Crippen LogP contribution is 2.14. The zero-order valence-electron chi connectivity index (χ0n) is 10.5. The zero-order valence-corrected chi connectivity index (χ0v) is 11.4. The number of sulfonamides is 1. The molecule has 0 aliphatic rings. The highest BCUT2D eigenvalue weighted by Gasteiger charge is 2.17. The zero-order chi connectivity index (χ0) is 14.4. The minimum absolute atomic E-state index is 0.0666. The Balaban J connectivity index is 2.25. The van der Waals surface area contributed by atoms with Crippen molar-refractivity contribution in [1.29, 1.82) is 0 Å². The molecule has 1 aromatic carbocycles. The summed E-state index contributed by atoms with van der Waals surface area (Å²) in [6.07, 6.45) is 1.48. The third-order valence-electron chi connectivity index (χ3n) is 2.50. The summed E-state index contributed by atoms with van der Waals surface area (Å²) in [6.45, 7) is -0.259. The highest BCUT2D eigenvalue weighted by atomic mass is 32.2. The van der Waals surface area contributed by atoms with Crippen LogP contribution in [0.1, 0.15) is 11.3 Å². The molecule has 104 valence electrons. The second-order valence-corrected chi connectivity index (χ2v) is 5.60. The lowest BCUT2D eigenvalue weighted by atomic mass is 10.2. The molecule has 2 aromatic rings. The Bertz CT molecular complexity index is 724. The first-order chi connectivity index (χ1) is 9.63. The Kier molecular flexibility index (Phi) is 4.58. The van der Waals surface area contributed by atoms with Gasteiger partial charge in [-0.3, -0.25) is 0 Å². The number of hydrogen-bond donors (Lipinski definition) is 2. The molecule has 1 aromatic heterocycles. The van der Waals surface area contributed by atoms with Crippen LogP contribution in [0.2, 0.25) is 0 Å². The average Bonchev–Trinajstić information content (AvgIpc) is 2.97. The fourth-order valence-corrected chi connectivity index (χ4v) is 2.75. The molecule has 0 saturated carbocycles. The number of aliphatic hydroxyl groups excluding tert-OH is 1. The number of hydrogen-bond acceptors (Lipinski definition) is 4. The molecule has 5 nitrogen and oxygen atoms in total. The summed E-state index contributed by atoms with van der Waals surface area (Å²) in [4.78, 5) is 0.0764. The molecule has 1 heterocycles. The minimum Gasteiger partial charge on any atom is -0.468 e. The molecule has 0 radical (unpaired) electrons. The Morgan fingerprint density at radius 3 is 2.70 bits per heavy atom. The Labute approximate surface area is 117 Å². The van der Waals surface area contributed by atoms with E-state index < -0.39 is 10.0 Å². The summed E-state index contributed by atoms with van der Waals surface area (Å²) in [6, 6.07) is 9.72. The van der Waals surface area contributed by atoms with E-state index in [1.807, 2.05) is 0 Å². The number of furan rings is 1. The molecule has 0 aliphatic heterocycles. The third-order valence-corrected chi connectivity index (χ3v) is 3.95. The van der Waals surface area contributed by atoms with Crippen LogP contribution >= 0.6 is 0 Å². The van der Waals surface area contributed by atoms with Gasteiger partial charge < -0.3 is 9.52 Å². The van der Waals surface area contributed by atoms with Crippen LogP contribution in [-0.4, -0.2) is 20.1 Å². The molecule has 0 bridgehead atoms. The van der Waals surface area contributed by atoms with E-state index in [0.717, 1.165) is 0 Å². The fourth-order valence-electron chi connectivity index (χ4n) is 1.60. The molecule has 0 unspecified atom stereocenters. The van der Waals surface area contributed by atoms with Crippen LogP contribution < -0.4 is 4.72 Å². The van der Waals surface area contributed by atoms with Gasteiger partial charge >= 0.3 is 0 Å². The Hall–Kier alpha value is -2.07. The monoisotopic (exact) mass is 291 g/mol. The van der Waals surface area contributed by atoms with Crippen LogP contribution in [0, 0.1) is 11.8 Å². The van der Waals surface area contributed by atoms with Gasteiger partial charge in [0.15, 0.2) is 0 Å². The van der Waals surface area contributed by atoms with Gasteiger partial charge in [0.1, 0.15) is 12.4 Å². The molecule has 0 fully saturated rings. The molecule has 0 amide bonds. The fraction of sp³-hybridized carbons (Fsp3) is 0.143. The lowest BCUT2D eigenvalue weighted by Crippen LogP contribution is -2.23. The van der Waals surface area contributed by atoms with Crippen molar-refractivity contribution in [3.63, 3.8) is 0 Å². The largest absolute Gasteiger partial charge is 0.468 e. The number of benzene rings is 1. The van der Waals surface area contributed by atoms with Gasteiger partial charge in [0, 0.05) is 5.56 Å². The first-order valence-corrected chi connectivity index (χ1v) is 7.32. The first kappa shape index (κ1) is 14.3. The molecule has 0 saturated heterocycles. The van der Waals surface area contributed by atoms with E-state index in [-0.39, 0.29) is 18.0 Å². The van der Waals surface area contributed by atoms with Crippen molar-refractivity contribution in [2.24, 2.45) is 0 Å². The van der Waals surface area contributed by atoms with E-state index in [0.29, 0.717) is 11.3 Å². The van der Waals surface area contributed by atoms with E-state index in [1.54, 1.807) is 30.3 Å². The van der Waals surface area contributed by atoms with Crippen molar-refractivity contribution in [2.45, 2.75) is 11.4 Å². The van der Waals surface area contributed by atoms with Gasteiger partial charge in [0.25, 0.3) is 0 Å². The second kappa shape index (κ2) is 6.39. The molecular weight excluding hydrogens is 278 g/mol. The van der Waals surface area contributed by atoms with Crippen molar-refractivity contribution in [3.8, 4) is 11.8 Å². The average molecular weight is 291 g/mol. The summed E-state index contributed by atoms with van der Waals surface area (Å²) < 4.78 is 32.0. The van der Waals surface area contributed by atoms with E-state index in [2.05, 4.69) is 16.6 Å². The molecule has 0 aliphatic carbocycles. The van der Waals surface area contributed by atoms with Crippen LogP contribution in [0.25, 0.3) is 0 Å². The number of nitrogens with one attached hydrogen (secondary N) is 1. The Morgan fingerprint density at radius 1 is 1.20 bits per heavy atom. The summed E-state index contributed by atoms with van der Waals surface area (Å²) in [5.41, 5.74) is 0.341. The SMILES string of the molecule is O=S(=O)(NCc1ccco1)c1ccccc1C#CCO. The van der Waals surface area contributed by atoms with Crippen molar-refractivity contribution in [1.82, 2.24) is 4.72 Å². The van der Waals surface area contributed by atoms with E-state index in [9.17, 15) is 8.42 Å². The predicted octanol–water partition coefficient (Wildman–Crippen LogP) is 1.10. The normalized spacial score (nSPS) is 10.8. The Morgan fingerprint density at radius 2 is 2.00 bits per heavy atom. The molecular formula is C14H13NO4S. The highest BCUT2D eigenvalue weighted by molar-refractivity contribution is 7.89. The quantitative estimate of drug-likeness (QED) is 0.827. The van der Waals surface area contributed by atoms with Crippen molar-refractivity contribution < 1.29 is 17.9 Å². The van der Waals surface area contributed by atoms with Crippen LogP contribution in [0.5, 0.6) is 0 Å². The van der Waals surface area contributed by atoms with Gasteiger partial charge in [-0.15, -0.1) is 0 Å². The van der Waals surface area contributed by atoms with E-state index >= 15 is 0 Å². The first-order valence-electron chi connectivity index (χ1n) is 5.84. The minimum atomic E-state index is -3.69. The predicted molar refractivity (Wildman–Crippen MR) is 73.1 cm³/mol. The maximum atomic E-state index is 12.2. The lowest BCUT2D eigenvalue weighted by molar-refractivity contribution is 0.350. The van der Waals surface area contributed by atoms with Crippen molar-refractivity contribution in [3.05, 3.63) is 54.0 Å².